The molecule has 0 aliphatic heterocycles. The first-order valence-corrected chi connectivity index (χ1v) is 10.1. The molecule has 2 aromatic carbocycles. The molecule has 0 bridgehead atoms. The molecule has 0 aliphatic rings. The fourth-order valence-corrected chi connectivity index (χ4v) is 3.76. The van der Waals surface area contributed by atoms with Gasteiger partial charge < -0.3 is 10.1 Å². The van der Waals surface area contributed by atoms with Crippen molar-refractivity contribution in [2.45, 2.75) is 26.2 Å². The van der Waals surface area contributed by atoms with Gasteiger partial charge in [-0.05, 0) is 48.7 Å². The van der Waals surface area contributed by atoms with Crippen LogP contribution in [0.4, 0.5) is 5.82 Å². The van der Waals surface area contributed by atoms with Crippen LogP contribution in [0.2, 0.25) is 0 Å². The highest BCUT2D eigenvalue weighted by Gasteiger charge is 2.23. The molecule has 4 rings (SSSR count). The summed E-state index contributed by atoms with van der Waals surface area (Å²) in [6, 6.07) is 21.6. The number of imidazole rings is 1. The lowest BCUT2D eigenvalue weighted by atomic mass is 9.95. The van der Waals surface area contributed by atoms with E-state index in [2.05, 4.69) is 5.32 Å². The number of fused-ring (bicyclic) bond motifs is 1. The average Bonchev–Trinajstić information content (AvgIpc) is 3.12. The topological polar surface area (TPSA) is 55.6 Å². The first-order chi connectivity index (χ1) is 14.6. The van der Waals surface area contributed by atoms with Crippen LogP contribution in [0, 0.1) is 6.92 Å². The molecule has 30 heavy (non-hydrogen) atoms. The number of ether oxygens (including phenoxy) is 1. The third kappa shape index (κ3) is 3.66. The summed E-state index contributed by atoms with van der Waals surface area (Å²) in [4.78, 5) is 18.1. The largest absolute Gasteiger partial charge is 0.496 e. The molecule has 0 aliphatic carbocycles. The summed E-state index contributed by atoms with van der Waals surface area (Å²) in [5, 5.41) is 3.16. The number of hydrogen-bond acceptors (Lipinski definition) is 3. The zero-order valence-electron chi connectivity index (χ0n) is 17.4. The van der Waals surface area contributed by atoms with Crippen LogP contribution in [0.5, 0.6) is 5.75 Å². The average molecular weight is 399 g/mol. The molecule has 2 heterocycles. The quantitative estimate of drug-likeness (QED) is 0.469. The van der Waals surface area contributed by atoms with Crippen molar-refractivity contribution in [3.63, 3.8) is 0 Å². The number of hydrogen-bond donors (Lipinski definition) is 1. The Morgan fingerprint density at radius 2 is 1.83 bits per heavy atom. The van der Waals surface area contributed by atoms with Gasteiger partial charge in [-0.1, -0.05) is 49.4 Å². The Morgan fingerprint density at radius 3 is 2.57 bits per heavy atom. The summed E-state index contributed by atoms with van der Waals surface area (Å²) in [7, 11) is 1.64. The summed E-state index contributed by atoms with van der Waals surface area (Å²) in [5.74, 6) is 1.06. The van der Waals surface area contributed by atoms with E-state index in [1.165, 1.54) is 0 Å². The lowest BCUT2D eigenvalue weighted by molar-refractivity contribution is -0.117. The standard InChI is InChI=1S/C25H25N3O2/c1-4-19(18-10-6-5-7-11-18)25(29)27-24-23(20-12-8-9-13-21(20)30-3)26-22-16-17(2)14-15-28(22)24/h5-16,19H,4H2,1-3H3,(H,27,29)/t19-/m1/s1. The predicted molar refractivity (Wildman–Crippen MR) is 120 cm³/mol. The Bertz CT molecular complexity index is 1180. The SMILES string of the molecule is CC[C@@H](C(=O)Nc1c(-c2ccccc2OC)nc2cc(C)ccn12)c1ccccc1. The molecule has 2 aromatic heterocycles. The van der Waals surface area contributed by atoms with Gasteiger partial charge in [0.2, 0.25) is 5.91 Å². The van der Waals surface area contributed by atoms with Crippen LogP contribution < -0.4 is 10.1 Å². The number of nitrogens with zero attached hydrogens (tertiary/aromatic N) is 2. The lowest BCUT2D eigenvalue weighted by Gasteiger charge is -2.16. The normalized spacial score (nSPS) is 12.0. The van der Waals surface area contributed by atoms with Crippen LogP contribution in [0.15, 0.2) is 72.9 Å². The maximum atomic E-state index is 13.3. The van der Waals surface area contributed by atoms with Gasteiger partial charge in [-0.3, -0.25) is 9.20 Å². The van der Waals surface area contributed by atoms with E-state index in [1.54, 1.807) is 7.11 Å². The zero-order valence-corrected chi connectivity index (χ0v) is 17.4. The number of rotatable bonds is 6. The minimum absolute atomic E-state index is 0.0535. The van der Waals surface area contributed by atoms with E-state index in [1.807, 2.05) is 91.2 Å². The fraction of sp³-hybridized carbons (Fsp3) is 0.200. The number of methoxy groups -OCH3 is 1. The second-order valence-electron chi connectivity index (χ2n) is 7.30. The third-order valence-corrected chi connectivity index (χ3v) is 5.31. The molecule has 1 N–H and O–H groups in total. The number of para-hydroxylation sites is 1. The Hall–Kier alpha value is -3.60. The van der Waals surface area contributed by atoms with E-state index in [0.717, 1.165) is 22.3 Å². The van der Waals surface area contributed by atoms with Gasteiger partial charge in [-0.2, -0.15) is 0 Å². The van der Waals surface area contributed by atoms with Crippen molar-refractivity contribution in [3.05, 3.63) is 84.1 Å². The van der Waals surface area contributed by atoms with Gasteiger partial charge in [0.1, 0.15) is 22.9 Å². The summed E-state index contributed by atoms with van der Waals surface area (Å²) < 4.78 is 7.48. The van der Waals surface area contributed by atoms with E-state index in [-0.39, 0.29) is 11.8 Å². The van der Waals surface area contributed by atoms with Gasteiger partial charge in [0.05, 0.1) is 13.0 Å². The van der Waals surface area contributed by atoms with Crippen LogP contribution >= 0.6 is 0 Å². The maximum Gasteiger partial charge on any atom is 0.233 e. The number of carbonyl (C=O) groups is 1. The van der Waals surface area contributed by atoms with Gasteiger partial charge in [0.25, 0.3) is 0 Å². The molecule has 0 unspecified atom stereocenters. The van der Waals surface area contributed by atoms with Gasteiger partial charge >= 0.3 is 0 Å². The van der Waals surface area contributed by atoms with Gasteiger partial charge in [-0.25, -0.2) is 4.98 Å². The number of aryl methyl sites for hydroxylation is 1. The van der Waals surface area contributed by atoms with E-state index < -0.39 is 0 Å². The molecular formula is C25H25N3O2. The molecule has 1 atom stereocenters. The van der Waals surface area contributed by atoms with Crippen LogP contribution in [-0.2, 0) is 4.79 Å². The molecule has 152 valence electrons. The zero-order chi connectivity index (χ0) is 21.1. The Labute approximate surface area is 176 Å². The Balaban J connectivity index is 1.82. The highest BCUT2D eigenvalue weighted by Crippen LogP contribution is 2.36. The molecule has 0 fully saturated rings. The number of aromatic nitrogens is 2. The molecule has 4 aromatic rings. The molecule has 0 saturated heterocycles. The number of anilines is 1. The second-order valence-corrected chi connectivity index (χ2v) is 7.30. The highest BCUT2D eigenvalue weighted by atomic mass is 16.5. The first-order valence-electron chi connectivity index (χ1n) is 10.1. The fourth-order valence-electron chi connectivity index (χ4n) is 3.76. The number of pyridine rings is 1. The summed E-state index contributed by atoms with van der Waals surface area (Å²) in [5.41, 5.74) is 4.41. The minimum Gasteiger partial charge on any atom is -0.496 e. The van der Waals surface area contributed by atoms with E-state index in [4.69, 9.17) is 9.72 Å². The molecule has 5 nitrogen and oxygen atoms in total. The third-order valence-electron chi connectivity index (χ3n) is 5.31. The van der Waals surface area contributed by atoms with Crippen LogP contribution in [-0.4, -0.2) is 22.4 Å². The van der Waals surface area contributed by atoms with E-state index in [0.29, 0.717) is 23.7 Å². The van der Waals surface area contributed by atoms with E-state index >= 15 is 0 Å². The van der Waals surface area contributed by atoms with Crippen LogP contribution in [0.25, 0.3) is 16.9 Å². The summed E-state index contributed by atoms with van der Waals surface area (Å²) in [6.07, 6.45) is 2.64. The summed E-state index contributed by atoms with van der Waals surface area (Å²) >= 11 is 0. The number of nitrogens with one attached hydrogen (secondary N) is 1. The van der Waals surface area contributed by atoms with Crippen molar-refractivity contribution in [1.82, 2.24) is 9.38 Å². The molecular weight excluding hydrogens is 374 g/mol. The summed E-state index contributed by atoms with van der Waals surface area (Å²) in [6.45, 7) is 4.05. The minimum atomic E-state index is -0.243. The van der Waals surface area contributed by atoms with Crippen molar-refractivity contribution >= 4 is 17.4 Å². The Morgan fingerprint density at radius 1 is 1.10 bits per heavy atom. The van der Waals surface area contributed by atoms with Crippen molar-refractivity contribution in [2.75, 3.05) is 12.4 Å². The molecule has 0 radical (unpaired) electrons. The van der Waals surface area contributed by atoms with Crippen LogP contribution in [0.3, 0.4) is 0 Å². The van der Waals surface area contributed by atoms with Crippen molar-refractivity contribution < 1.29 is 9.53 Å². The molecule has 0 spiro atoms. The van der Waals surface area contributed by atoms with Crippen LogP contribution in [0.1, 0.15) is 30.4 Å². The lowest BCUT2D eigenvalue weighted by Crippen LogP contribution is -2.22. The highest BCUT2D eigenvalue weighted by molar-refractivity contribution is 5.99. The van der Waals surface area contributed by atoms with Gasteiger partial charge in [-0.15, -0.1) is 0 Å². The second kappa shape index (κ2) is 8.41. The van der Waals surface area contributed by atoms with Crippen molar-refractivity contribution in [1.29, 1.82) is 0 Å². The van der Waals surface area contributed by atoms with E-state index in [9.17, 15) is 4.79 Å². The number of amides is 1. The maximum absolute atomic E-state index is 13.3. The predicted octanol–water partition coefficient (Wildman–Crippen LogP) is 5.45. The first kappa shape index (κ1) is 19.7. The number of carbonyl (C=O) groups excluding carboxylic acids is 1. The smallest absolute Gasteiger partial charge is 0.233 e. The van der Waals surface area contributed by atoms with Gasteiger partial charge in [0, 0.05) is 11.8 Å². The molecule has 1 amide bonds. The number of benzene rings is 2. The Kier molecular flexibility index (Phi) is 5.53. The monoisotopic (exact) mass is 399 g/mol. The van der Waals surface area contributed by atoms with Crippen molar-refractivity contribution in [3.8, 4) is 17.0 Å². The van der Waals surface area contributed by atoms with Gasteiger partial charge in [0.15, 0.2) is 0 Å². The van der Waals surface area contributed by atoms with Crippen molar-refractivity contribution in [2.24, 2.45) is 0 Å². The molecule has 0 saturated carbocycles. The molecule has 5 heteroatoms.